The predicted octanol–water partition coefficient (Wildman–Crippen LogP) is 0.606. The van der Waals surface area contributed by atoms with Crippen LogP contribution in [0, 0.1) is 0 Å². The molecule has 0 saturated heterocycles. The average molecular weight is 117 g/mol. The van der Waals surface area contributed by atoms with Gasteiger partial charge in [0.25, 0.3) is 0 Å². The van der Waals surface area contributed by atoms with Gasteiger partial charge in [0.15, 0.2) is 0 Å². The van der Waals surface area contributed by atoms with Crippen molar-refractivity contribution >= 4 is 5.91 Å². The Morgan fingerprint density at radius 2 is 2.25 bits per heavy atom. The Labute approximate surface area is 47.4 Å². The van der Waals surface area contributed by atoms with Gasteiger partial charge in [0.05, 0.1) is 0 Å². The van der Waals surface area contributed by atoms with E-state index in [2.05, 4.69) is 5.32 Å². The van der Waals surface area contributed by atoms with E-state index in [1.807, 2.05) is 0 Å². The molecule has 1 N–H and O–H groups in total. The lowest BCUT2D eigenvalue weighted by Gasteiger charge is -1.86. The zero-order valence-corrected chi connectivity index (χ0v) is 4.86. The molecule has 2 nitrogen and oxygen atoms in total. The minimum Gasteiger partial charge on any atom is -0.356 e. The molecule has 0 saturated carbocycles. The van der Waals surface area contributed by atoms with Crippen LogP contribution < -0.4 is 5.32 Å². The molecule has 8 heavy (non-hydrogen) atoms. The van der Waals surface area contributed by atoms with Crippen LogP contribution in [0.2, 0.25) is 0 Å². The molecule has 0 aromatic rings. The van der Waals surface area contributed by atoms with Crippen LogP contribution in [0.1, 0.15) is 6.92 Å². The van der Waals surface area contributed by atoms with Crippen molar-refractivity contribution in [1.29, 1.82) is 0 Å². The standard InChI is InChI=1S/C5H8FNO/c1-4(6)3-5(8)7-2/h3H,1-2H3,(H,7,8)/b4-3+. The van der Waals surface area contributed by atoms with Crippen molar-refractivity contribution in [2.45, 2.75) is 6.92 Å². The van der Waals surface area contributed by atoms with Gasteiger partial charge in [-0.2, -0.15) is 0 Å². The van der Waals surface area contributed by atoms with Crippen LogP contribution in [0.3, 0.4) is 0 Å². The zero-order chi connectivity index (χ0) is 6.57. The molecular formula is C5H8FNO. The van der Waals surface area contributed by atoms with Gasteiger partial charge in [-0.3, -0.25) is 4.79 Å². The number of halogens is 1. The highest BCUT2D eigenvalue weighted by Gasteiger charge is 1.89. The number of allylic oxidation sites excluding steroid dienone is 1. The summed E-state index contributed by atoms with van der Waals surface area (Å²) in [4.78, 5) is 10.2. The number of hydrogen-bond acceptors (Lipinski definition) is 1. The summed E-state index contributed by atoms with van der Waals surface area (Å²) in [5, 5.41) is 2.24. The van der Waals surface area contributed by atoms with Gasteiger partial charge in [-0.25, -0.2) is 4.39 Å². The summed E-state index contributed by atoms with van der Waals surface area (Å²) in [5.41, 5.74) is 0. The summed E-state index contributed by atoms with van der Waals surface area (Å²) >= 11 is 0. The molecule has 0 spiro atoms. The van der Waals surface area contributed by atoms with E-state index in [1.54, 1.807) is 0 Å². The highest BCUT2D eigenvalue weighted by molar-refractivity contribution is 5.87. The fourth-order valence-electron chi connectivity index (χ4n) is 0.253. The van der Waals surface area contributed by atoms with E-state index in [-0.39, 0.29) is 0 Å². The van der Waals surface area contributed by atoms with Gasteiger partial charge in [-0.05, 0) is 6.92 Å². The van der Waals surface area contributed by atoms with Crippen molar-refractivity contribution in [3.05, 3.63) is 11.9 Å². The van der Waals surface area contributed by atoms with Gasteiger partial charge in [-0.1, -0.05) is 0 Å². The molecule has 0 rings (SSSR count). The molecule has 0 aliphatic rings. The first-order valence-corrected chi connectivity index (χ1v) is 2.22. The summed E-state index contributed by atoms with van der Waals surface area (Å²) in [6.45, 7) is 1.22. The van der Waals surface area contributed by atoms with Gasteiger partial charge in [0, 0.05) is 13.1 Å². The lowest BCUT2D eigenvalue weighted by Crippen LogP contribution is -2.14. The minimum absolute atomic E-state index is 0.412. The van der Waals surface area contributed by atoms with Gasteiger partial charge in [0.2, 0.25) is 5.91 Å². The Kier molecular flexibility index (Phi) is 2.84. The van der Waals surface area contributed by atoms with E-state index in [4.69, 9.17) is 0 Å². The van der Waals surface area contributed by atoms with Gasteiger partial charge < -0.3 is 5.32 Å². The van der Waals surface area contributed by atoms with Crippen LogP contribution in [0.5, 0.6) is 0 Å². The lowest BCUT2D eigenvalue weighted by atomic mass is 10.5. The average Bonchev–Trinajstić information content (AvgIpc) is 1.65. The highest BCUT2D eigenvalue weighted by Crippen LogP contribution is 1.89. The largest absolute Gasteiger partial charge is 0.356 e. The Balaban J connectivity index is 3.70. The third-order valence-electron chi connectivity index (χ3n) is 0.576. The lowest BCUT2D eigenvalue weighted by molar-refractivity contribution is -0.116. The molecule has 1 amide bonds. The quantitative estimate of drug-likeness (QED) is 0.501. The van der Waals surface area contributed by atoms with E-state index in [0.29, 0.717) is 0 Å². The van der Waals surface area contributed by atoms with Gasteiger partial charge in [0.1, 0.15) is 5.83 Å². The van der Waals surface area contributed by atoms with Crippen LogP contribution in [-0.4, -0.2) is 13.0 Å². The molecule has 0 aliphatic heterocycles. The van der Waals surface area contributed by atoms with E-state index >= 15 is 0 Å². The molecule has 0 bridgehead atoms. The Hall–Kier alpha value is -0.860. The van der Waals surface area contributed by atoms with Crippen molar-refractivity contribution < 1.29 is 9.18 Å². The summed E-state index contributed by atoms with van der Waals surface area (Å²) in [6, 6.07) is 0. The number of hydrogen-bond donors (Lipinski definition) is 1. The Morgan fingerprint density at radius 3 is 2.38 bits per heavy atom. The number of rotatable bonds is 1. The summed E-state index contributed by atoms with van der Waals surface area (Å²) in [5.74, 6) is -0.894. The van der Waals surface area contributed by atoms with Crippen LogP contribution >= 0.6 is 0 Å². The van der Waals surface area contributed by atoms with Crippen molar-refractivity contribution in [1.82, 2.24) is 5.32 Å². The summed E-state index contributed by atoms with van der Waals surface area (Å²) < 4.78 is 11.7. The molecule has 0 aromatic carbocycles. The number of amides is 1. The second-order valence-corrected chi connectivity index (χ2v) is 1.35. The second kappa shape index (κ2) is 3.18. The fourth-order valence-corrected chi connectivity index (χ4v) is 0.253. The third kappa shape index (κ3) is 3.33. The third-order valence-corrected chi connectivity index (χ3v) is 0.576. The highest BCUT2D eigenvalue weighted by atomic mass is 19.1. The number of nitrogens with one attached hydrogen (secondary N) is 1. The monoisotopic (exact) mass is 117 g/mol. The molecule has 0 radical (unpaired) electrons. The zero-order valence-electron chi connectivity index (χ0n) is 4.86. The van der Waals surface area contributed by atoms with Crippen LogP contribution in [0.4, 0.5) is 4.39 Å². The first-order chi connectivity index (χ1) is 3.66. The molecule has 46 valence electrons. The smallest absolute Gasteiger partial charge is 0.246 e. The molecular weight excluding hydrogens is 109 g/mol. The number of carbonyl (C=O) groups excluding carboxylic acids is 1. The molecule has 3 heteroatoms. The fraction of sp³-hybridized carbons (Fsp3) is 0.400. The van der Waals surface area contributed by atoms with Crippen molar-refractivity contribution in [2.24, 2.45) is 0 Å². The summed E-state index contributed by atoms with van der Waals surface area (Å²) in [7, 11) is 1.45. The normalized spacial score (nSPS) is 11.1. The first kappa shape index (κ1) is 7.14. The first-order valence-electron chi connectivity index (χ1n) is 2.22. The SMILES string of the molecule is CNC(=O)/C=C(\C)F. The molecule has 0 heterocycles. The minimum atomic E-state index is -0.482. The van der Waals surface area contributed by atoms with Crippen LogP contribution in [-0.2, 0) is 4.79 Å². The van der Waals surface area contributed by atoms with E-state index in [0.717, 1.165) is 6.08 Å². The van der Waals surface area contributed by atoms with E-state index in [9.17, 15) is 9.18 Å². The maximum absolute atomic E-state index is 11.7. The summed E-state index contributed by atoms with van der Waals surface area (Å²) in [6.07, 6.45) is 0.889. The van der Waals surface area contributed by atoms with Gasteiger partial charge in [-0.15, -0.1) is 0 Å². The van der Waals surface area contributed by atoms with Crippen molar-refractivity contribution in [2.75, 3.05) is 7.05 Å². The Bertz CT molecular complexity index is 116. The van der Waals surface area contributed by atoms with Gasteiger partial charge >= 0.3 is 0 Å². The predicted molar refractivity (Wildman–Crippen MR) is 28.9 cm³/mol. The topological polar surface area (TPSA) is 29.1 Å². The molecule has 0 fully saturated rings. The van der Waals surface area contributed by atoms with Crippen LogP contribution in [0.15, 0.2) is 11.9 Å². The maximum Gasteiger partial charge on any atom is 0.246 e. The Morgan fingerprint density at radius 1 is 1.75 bits per heavy atom. The number of carbonyl (C=O) groups is 1. The maximum atomic E-state index is 11.7. The van der Waals surface area contributed by atoms with E-state index in [1.165, 1.54) is 14.0 Å². The van der Waals surface area contributed by atoms with Crippen LogP contribution in [0.25, 0.3) is 0 Å². The molecule has 0 atom stereocenters. The van der Waals surface area contributed by atoms with Crippen molar-refractivity contribution in [3.63, 3.8) is 0 Å². The van der Waals surface area contributed by atoms with E-state index < -0.39 is 11.7 Å². The number of likely N-dealkylation sites (N-methyl/N-ethyl adjacent to an activating group) is 1. The molecule has 0 unspecified atom stereocenters. The molecule has 0 aliphatic carbocycles. The molecule has 0 aromatic heterocycles. The van der Waals surface area contributed by atoms with Crippen molar-refractivity contribution in [3.8, 4) is 0 Å². The second-order valence-electron chi connectivity index (χ2n) is 1.35.